The average molecular weight is 233 g/mol. The third-order valence-corrected chi connectivity index (χ3v) is 2.53. The zero-order valence-electron chi connectivity index (χ0n) is 9.93. The molecule has 0 aliphatic rings. The van der Waals surface area contributed by atoms with Crippen molar-refractivity contribution >= 4 is 23.0 Å². The van der Waals surface area contributed by atoms with E-state index in [1.54, 1.807) is 11.5 Å². The highest BCUT2D eigenvalue weighted by Gasteiger charge is 2.12. The molecule has 1 aromatic carbocycles. The van der Waals surface area contributed by atoms with E-state index in [-0.39, 0.29) is 12.5 Å². The highest BCUT2D eigenvalue weighted by molar-refractivity contribution is 5.81. The molecule has 0 saturated heterocycles. The van der Waals surface area contributed by atoms with E-state index in [0.717, 1.165) is 16.6 Å². The number of aromatic nitrogens is 2. The molecule has 2 rings (SSSR count). The maximum atomic E-state index is 11.5. The number of hydrogen-bond donors (Lipinski definition) is 1. The normalized spacial score (nSPS) is 10.7. The van der Waals surface area contributed by atoms with Crippen molar-refractivity contribution in [3.05, 3.63) is 23.8 Å². The molecule has 0 atom stereocenters. The Morgan fingerprint density at radius 2 is 2.29 bits per heavy atom. The SMILES string of the molecule is CCOC(=O)Cn1c(N)nc2ccc(C)cc21. The maximum Gasteiger partial charge on any atom is 0.326 e. The predicted molar refractivity (Wildman–Crippen MR) is 65.5 cm³/mol. The zero-order chi connectivity index (χ0) is 12.4. The van der Waals surface area contributed by atoms with Gasteiger partial charge in [0.1, 0.15) is 6.54 Å². The number of ether oxygens (including phenoxy) is 1. The fourth-order valence-corrected chi connectivity index (χ4v) is 1.75. The van der Waals surface area contributed by atoms with E-state index in [9.17, 15) is 4.79 Å². The average Bonchev–Trinajstić information content (AvgIpc) is 2.56. The van der Waals surface area contributed by atoms with Gasteiger partial charge in [0, 0.05) is 0 Å². The first-order valence-electron chi connectivity index (χ1n) is 5.49. The van der Waals surface area contributed by atoms with Gasteiger partial charge < -0.3 is 10.5 Å². The molecular weight excluding hydrogens is 218 g/mol. The molecule has 0 aliphatic heterocycles. The van der Waals surface area contributed by atoms with E-state index in [2.05, 4.69) is 4.98 Å². The van der Waals surface area contributed by atoms with E-state index in [1.165, 1.54) is 0 Å². The number of esters is 1. The maximum absolute atomic E-state index is 11.5. The van der Waals surface area contributed by atoms with Crippen molar-refractivity contribution in [1.82, 2.24) is 9.55 Å². The molecule has 0 unspecified atom stereocenters. The molecule has 0 spiro atoms. The van der Waals surface area contributed by atoms with Crippen LogP contribution in [0.3, 0.4) is 0 Å². The summed E-state index contributed by atoms with van der Waals surface area (Å²) in [6.45, 7) is 4.22. The number of nitrogens with zero attached hydrogens (tertiary/aromatic N) is 2. The molecule has 5 heteroatoms. The lowest BCUT2D eigenvalue weighted by Crippen LogP contribution is -2.15. The Hall–Kier alpha value is -2.04. The summed E-state index contributed by atoms with van der Waals surface area (Å²) in [5.74, 6) is 0.0265. The van der Waals surface area contributed by atoms with Crippen LogP contribution in [0.4, 0.5) is 5.95 Å². The van der Waals surface area contributed by atoms with E-state index in [0.29, 0.717) is 12.6 Å². The number of carbonyl (C=O) groups is 1. The topological polar surface area (TPSA) is 70.1 Å². The minimum atomic E-state index is -0.306. The second kappa shape index (κ2) is 4.45. The van der Waals surface area contributed by atoms with Gasteiger partial charge in [-0.25, -0.2) is 4.98 Å². The lowest BCUT2D eigenvalue weighted by atomic mass is 10.2. The predicted octanol–water partition coefficient (Wildman–Crippen LogP) is 1.49. The van der Waals surface area contributed by atoms with Gasteiger partial charge in [0.25, 0.3) is 0 Å². The van der Waals surface area contributed by atoms with Gasteiger partial charge in [-0.15, -0.1) is 0 Å². The number of aryl methyl sites for hydroxylation is 1. The van der Waals surface area contributed by atoms with Crippen LogP contribution in [-0.2, 0) is 16.1 Å². The number of rotatable bonds is 3. The van der Waals surface area contributed by atoms with Crippen LogP contribution in [0.25, 0.3) is 11.0 Å². The van der Waals surface area contributed by atoms with Crippen molar-refractivity contribution in [3.63, 3.8) is 0 Å². The minimum absolute atomic E-state index is 0.0969. The Kier molecular flexibility index (Phi) is 2.99. The van der Waals surface area contributed by atoms with Gasteiger partial charge in [-0.05, 0) is 31.5 Å². The summed E-state index contributed by atoms with van der Waals surface area (Å²) in [4.78, 5) is 15.7. The number of imidazole rings is 1. The molecule has 0 aliphatic carbocycles. The number of nitrogens with two attached hydrogens (primary N) is 1. The standard InChI is InChI=1S/C12H15N3O2/c1-3-17-11(16)7-15-10-6-8(2)4-5-9(10)14-12(15)13/h4-6H,3,7H2,1-2H3,(H2,13,14). The first kappa shape index (κ1) is 11.4. The number of carbonyl (C=O) groups excluding carboxylic acids is 1. The Balaban J connectivity index is 2.41. The number of hydrogen-bond acceptors (Lipinski definition) is 4. The summed E-state index contributed by atoms with van der Waals surface area (Å²) >= 11 is 0. The molecule has 17 heavy (non-hydrogen) atoms. The Bertz CT molecular complexity index is 560. The third kappa shape index (κ3) is 2.22. The smallest absolute Gasteiger partial charge is 0.326 e. The first-order chi connectivity index (χ1) is 8.11. The van der Waals surface area contributed by atoms with Crippen LogP contribution in [0.2, 0.25) is 0 Å². The molecule has 0 radical (unpaired) electrons. The molecule has 0 amide bonds. The fraction of sp³-hybridized carbons (Fsp3) is 0.333. The Morgan fingerprint density at radius 3 is 3.00 bits per heavy atom. The lowest BCUT2D eigenvalue weighted by Gasteiger charge is -2.06. The number of anilines is 1. The van der Waals surface area contributed by atoms with Crippen LogP contribution in [0.1, 0.15) is 12.5 Å². The van der Waals surface area contributed by atoms with E-state index < -0.39 is 0 Å². The summed E-state index contributed by atoms with van der Waals surface area (Å²) in [6, 6.07) is 5.81. The van der Waals surface area contributed by atoms with E-state index in [1.807, 2.05) is 25.1 Å². The van der Waals surface area contributed by atoms with Gasteiger partial charge in [0.15, 0.2) is 0 Å². The molecule has 90 valence electrons. The fourth-order valence-electron chi connectivity index (χ4n) is 1.75. The Morgan fingerprint density at radius 1 is 1.53 bits per heavy atom. The molecule has 5 nitrogen and oxygen atoms in total. The molecule has 0 fully saturated rings. The second-order valence-electron chi connectivity index (χ2n) is 3.85. The van der Waals surface area contributed by atoms with Crippen LogP contribution in [0.15, 0.2) is 18.2 Å². The van der Waals surface area contributed by atoms with Gasteiger partial charge in [-0.2, -0.15) is 0 Å². The second-order valence-corrected chi connectivity index (χ2v) is 3.85. The van der Waals surface area contributed by atoms with Crippen molar-refractivity contribution in [2.45, 2.75) is 20.4 Å². The van der Waals surface area contributed by atoms with Crippen LogP contribution < -0.4 is 5.73 Å². The van der Waals surface area contributed by atoms with Gasteiger partial charge in [-0.1, -0.05) is 6.07 Å². The van der Waals surface area contributed by atoms with Gasteiger partial charge >= 0.3 is 5.97 Å². The van der Waals surface area contributed by atoms with Crippen molar-refractivity contribution < 1.29 is 9.53 Å². The summed E-state index contributed by atoms with van der Waals surface area (Å²) < 4.78 is 6.57. The summed E-state index contributed by atoms with van der Waals surface area (Å²) in [6.07, 6.45) is 0. The van der Waals surface area contributed by atoms with Crippen LogP contribution in [0, 0.1) is 6.92 Å². The minimum Gasteiger partial charge on any atom is -0.465 e. The third-order valence-electron chi connectivity index (χ3n) is 2.53. The molecule has 2 N–H and O–H groups in total. The first-order valence-corrected chi connectivity index (χ1v) is 5.49. The zero-order valence-corrected chi connectivity index (χ0v) is 9.93. The van der Waals surface area contributed by atoms with Crippen molar-refractivity contribution in [1.29, 1.82) is 0 Å². The highest BCUT2D eigenvalue weighted by atomic mass is 16.5. The molecule has 1 aromatic heterocycles. The van der Waals surface area contributed by atoms with E-state index >= 15 is 0 Å². The lowest BCUT2D eigenvalue weighted by molar-refractivity contribution is -0.143. The van der Waals surface area contributed by atoms with Crippen LogP contribution in [0.5, 0.6) is 0 Å². The number of benzene rings is 1. The molecule has 0 saturated carbocycles. The number of nitrogen functional groups attached to an aromatic ring is 1. The number of fused-ring (bicyclic) bond motifs is 1. The molecule has 0 bridgehead atoms. The monoisotopic (exact) mass is 233 g/mol. The molecule has 2 aromatic rings. The summed E-state index contributed by atoms with van der Waals surface area (Å²) in [7, 11) is 0. The van der Waals surface area contributed by atoms with Crippen molar-refractivity contribution in [3.8, 4) is 0 Å². The summed E-state index contributed by atoms with van der Waals surface area (Å²) in [5.41, 5.74) is 8.54. The van der Waals surface area contributed by atoms with Crippen LogP contribution in [-0.4, -0.2) is 22.1 Å². The quantitative estimate of drug-likeness (QED) is 0.815. The van der Waals surface area contributed by atoms with Crippen LogP contribution >= 0.6 is 0 Å². The van der Waals surface area contributed by atoms with Gasteiger partial charge in [-0.3, -0.25) is 9.36 Å². The van der Waals surface area contributed by atoms with Gasteiger partial charge in [0.05, 0.1) is 17.6 Å². The highest BCUT2D eigenvalue weighted by Crippen LogP contribution is 2.19. The molecular formula is C12H15N3O2. The Labute approximate surface area is 99.2 Å². The van der Waals surface area contributed by atoms with Crippen molar-refractivity contribution in [2.75, 3.05) is 12.3 Å². The van der Waals surface area contributed by atoms with E-state index in [4.69, 9.17) is 10.5 Å². The van der Waals surface area contributed by atoms with Crippen molar-refractivity contribution in [2.24, 2.45) is 0 Å². The molecule has 1 heterocycles. The summed E-state index contributed by atoms with van der Waals surface area (Å²) in [5, 5.41) is 0. The largest absolute Gasteiger partial charge is 0.465 e. The van der Waals surface area contributed by atoms with Gasteiger partial charge in [0.2, 0.25) is 5.95 Å².